The average Bonchev–Trinajstić information content (AvgIpc) is 2.82. The van der Waals surface area contributed by atoms with Crippen LogP contribution in [0.2, 0.25) is 0 Å². The number of nitrogens with zero attached hydrogens (tertiary/aromatic N) is 2. The third kappa shape index (κ3) is 5.72. The van der Waals surface area contributed by atoms with Crippen LogP contribution in [0.15, 0.2) is 71.8 Å². The van der Waals surface area contributed by atoms with Crippen molar-refractivity contribution >= 4 is 11.7 Å². The summed E-state index contributed by atoms with van der Waals surface area (Å²) in [6.45, 7) is 2.20. The predicted octanol–water partition coefficient (Wildman–Crippen LogP) is 3.31. The van der Waals surface area contributed by atoms with Crippen molar-refractivity contribution in [2.24, 2.45) is 0 Å². The van der Waals surface area contributed by atoms with E-state index in [1.165, 1.54) is 6.07 Å². The van der Waals surface area contributed by atoms with Crippen LogP contribution >= 0.6 is 0 Å². The summed E-state index contributed by atoms with van der Waals surface area (Å²) < 4.78 is 13.4. The number of nitrogens with two attached hydrogens (primary N) is 1. The molecule has 0 saturated heterocycles. The van der Waals surface area contributed by atoms with Gasteiger partial charge < -0.3 is 16.0 Å². The van der Waals surface area contributed by atoms with Crippen LogP contribution in [-0.2, 0) is 19.4 Å². The smallest absolute Gasteiger partial charge is 0.251 e. The standard InChI is InChI=1S/C26H24FN5O2/c1-16-20(6-7-24(28)32-16)14-30-25(33)19-8-9-29-23(13-19)11-18-4-2-17(3-5-18)10-21-12-22(27)15-31-26(21)34/h2-9,12-13,15H,10-11,14H2,1H3,(H2,28,32)(H,30,33)(H,31,34). The number of H-pyrrole nitrogens is 1. The van der Waals surface area contributed by atoms with E-state index in [0.717, 1.165) is 34.3 Å². The van der Waals surface area contributed by atoms with E-state index in [-0.39, 0.29) is 11.5 Å². The molecule has 8 heteroatoms. The molecule has 4 aromatic rings. The van der Waals surface area contributed by atoms with Gasteiger partial charge in [0.25, 0.3) is 11.5 Å². The maximum atomic E-state index is 13.4. The van der Waals surface area contributed by atoms with Crippen LogP contribution in [-0.4, -0.2) is 20.9 Å². The van der Waals surface area contributed by atoms with Gasteiger partial charge in [0.2, 0.25) is 0 Å². The largest absolute Gasteiger partial charge is 0.384 e. The van der Waals surface area contributed by atoms with Gasteiger partial charge in [-0.2, -0.15) is 0 Å². The second-order valence-corrected chi connectivity index (χ2v) is 8.04. The monoisotopic (exact) mass is 457 g/mol. The van der Waals surface area contributed by atoms with Crippen molar-refractivity contribution in [3.05, 3.63) is 122 Å². The molecule has 0 aliphatic carbocycles. The summed E-state index contributed by atoms with van der Waals surface area (Å²) in [7, 11) is 0. The highest BCUT2D eigenvalue weighted by atomic mass is 19.1. The van der Waals surface area contributed by atoms with Crippen molar-refractivity contribution < 1.29 is 9.18 Å². The molecule has 0 atom stereocenters. The first-order valence-corrected chi connectivity index (χ1v) is 10.8. The number of carbonyl (C=O) groups is 1. The molecule has 1 amide bonds. The van der Waals surface area contributed by atoms with Crippen LogP contribution in [0.4, 0.5) is 10.2 Å². The van der Waals surface area contributed by atoms with E-state index in [2.05, 4.69) is 20.3 Å². The van der Waals surface area contributed by atoms with Gasteiger partial charge in [-0.25, -0.2) is 9.37 Å². The lowest BCUT2D eigenvalue weighted by atomic mass is 10.0. The molecule has 3 heterocycles. The number of halogens is 1. The Balaban J connectivity index is 1.39. The van der Waals surface area contributed by atoms with Crippen molar-refractivity contribution in [1.82, 2.24) is 20.3 Å². The molecule has 7 nitrogen and oxygen atoms in total. The number of nitrogen functional groups attached to an aromatic ring is 1. The van der Waals surface area contributed by atoms with E-state index in [0.29, 0.717) is 36.3 Å². The fraction of sp³-hybridized carbons (Fsp3) is 0.154. The molecule has 172 valence electrons. The first-order chi connectivity index (χ1) is 16.4. The number of amides is 1. The summed E-state index contributed by atoms with van der Waals surface area (Å²) in [6.07, 6.45) is 3.55. The van der Waals surface area contributed by atoms with Gasteiger partial charge in [0.1, 0.15) is 11.6 Å². The Morgan fingerprint density at radius 2 is 1.76 bits per heavy atom. The van der Waals surface area contributed by atoms with E-state index in [1.807, 2.05) is 37.3 Å². The van der Waals surface area contributed by atoms with Crippen LogP contribution in [0, 0.1) is 12.7 Å². The maximum Gasteiger partial charge on any atom is 0.251 e. The van der Waals surface area contributed by atoms with E-state index in [4.69, 9.17) is 5.73 Å². The number of nitrogens with one attached hydrogen (secondary N) is 2. The van der Waals surface area contributed by atoms with Crippen LogP contribution < -0.4 is 16.6 Å². The third-order valence-corrected chi connectivity index (χ3v) is 5.48. The second-order valence-electron chi connectivity index (χ2n) is 8.04. The number of hydrogen-bond acceptors (Lipinski definition) is 5. The zero-order valence-electron chi connectivity index (χ0n) is 18.6. The molecule has 3 aromatic heterocycles. The molecule has 0 aliphatic rings. The Morgan fingerprint density at radius 3 is 2.50 bits per heavy atom. The van der Waals surface area contributed by atoms with Crippen molar-refractivity contribution in [1.29, 1.82) is 0 Å². The van der Waals surface area contributed by atoms with E-state index >= 15 is 0 Å². The lowest BCUT2D eigenvalue weighted by Gasteiger charge is -2.09. The molecular weight excluding hydrogens is 433 g/mol. The Hall–Kier alpha value is -4.33. The number of anilines is 1. The van der Waals surface area contributed by atoms with Gasteiger partial charge in [-0.05, 0) is 47.9 Å². The second kappa shape index (κ2) is 10.1. The zero-order chi connectivity index (χ0) is 24.1. The van der Waals surface area contributed by atoms with Gasteiger partial charge in [-0.3, -0.25) is 14.6 Å². The highest BCUT2D eigenvalue weighted by Crippen LogP contribution is 2.14. The normalized spacial score (nSPS) is 10.8. The molecule has 0 unspecified atom stereocenters. The number of carbonyl (C=O) groups excluding carboxylic acids is 1. The minimum Gasteiger partial charge on any atom is -0.384 e. The molecular formula is C26H24FN5O2. The fourth-order valence-corrected chi connectivity index (χ4v) is 3.63. The van der Waals surface area contributed by atoms with Crippen molar-refractivity contribution in [3.63, 3.8) is 0 Å². The summed E-state index contributed by atoms with van der Waals surface area (Å²) >= 11 is 0. The summed E-state index contributed by atoms with van der Waals surface area (Å²) in [4.78, 5) is 35.5. The molecule has 0 aliphatic heterocycles. The van der Waals surface area contributed by atoms with Crippen LogP contribution in [0.1, 0.15) is 44.0 Å². The van der Waals surface area contributed by atoms with Gasteiger partial charge in [-0.15, -0.1) is 0 Å². The Kier molecular flexibility index (Phi) is 6.77. The zero-order valence-corrected chi connectivity index (χ0v) is 18.6. The maximum absolute atomic E-state index is 13.4. The van der Waals surface area contributed by atoms with Gasteiger partial charge >= 0.3 is 0 Å². The molecule has 0 radical (unpaired) electrons. The van der Waals surface area contributed by atoms with Gasteiger partial charge in [0.05, 0.1) is 0 Å². The molecule has 4 N–H and O–H groups in total. The number of aromatic amines is 1. The van der Waals surface area contributed by atoms with Gasteiger partial charge in [0, 0.05) is 54.3 Å². The molecule has 4 rings (SSSR count). The Morgan fingerprint density at radius 1 is 1.03 bits per heavy atom. The van der Waals surface area contributed by atoms with Gasteiger partial charge in [0.15, 0.2) is 0 Å². The summed E-state index contributed by atoms with van der Waals surface area (Å²) in [5.74, 6) is -0.223. The third-order valence-electron chi connectivity index (χ3n) is 5.48. The Bertz CT molecular complexity index is 1380. The molecule has 1 aromatic carbocycles. The summed E-state index contributed by atoms with van der Waals surface area (Å²) in [5.41, 5.74) is 10.6. The quantitative estimate of drug-likeness (QED) is 0.394. The average molecular weight is 458 g/mol. The molecule has 0 fully saturated rings. The van der Waals surface area contributed by atoms with Crippen LogP contribution in [0.3, 0.4) is 0 Å². The number of rotatable bonds is 7. The summed E-state index contributed by atoms with van der Waals surface area (Å²) in [6, 6.07) is 15.9. The number of pyridine rings is 3. The van der Waals surface area contributed by atoms with E-state index in [1.54, 1.807) is 24.4 Å². The number of benzene rings is 1. The number of hydrogen-bond donors (Lipinski definition) is 3. The topological polar surface area (TPSA) is 114 Å². The minimum absolute atomic E-state index is 0.199. The number of aromatic nitrogens is 3. The molecule has 34 heavy (non-hydrogen) atoms. The predicted molar refractivity (Wildman–Crippen MR) is 128 cm³/mol. The van der Waals surface area contributed by atoms with Crippen LogP contribution in [0.5, 0.6) is 0 Å². The van der Waals surface area contributed by atoms with E-state index in [9.17, 15) is 14.0 Å². The highest BCUT2D eigenvalue weighted by Gasteiger charge is 2.09. The minimum atomic E-state index is -0.471. The molecule has 0 bridgehead atoms. The van der Waals surface area contributed by atoms with Crippen LogP contribution in [0.25, 0.3) is 0 Å². The lowest BCUT2D eigenvalue weighted by Crippen LogP contribution is -2.23. The number of aryl methyl sites for hydroxylation is 1. The summed E-state index contributed by atoms with van der Waals surface area (Å²) in [5, 5.41) is 2.90. The molecule has 0 spiro atoms. The van der Waals surface area contributed by atoms with Crippen molar-refractivity contribution in [2.75, 3.05) is 5.73 Å². The van der Waals surface area contributed by atoms with Crippen molar-refractivity contribution in [3.8, 4) is 0 Å². The van der Waals surface area contributed by atoms with Crippen molar-refractivity contribution in [2.45, 2.75) is 26.3 Å². The Labute approximate surface area is 195 Å². The van der Waals surface area contributed by atoms with E-state index < -0.39 is 5.82 Å². The first-order valence-electron chi connectivity index (χ1n) is 10.8. The van der Waals surface area contributed by atoms with Gasteiger partial charge in [-0.1, -0.05) is 30.3 Å². The lowest BCUT2D eigenvalue weighted by molar-refractivity contribution is 0.0950. The SMILES string of the molecule is Cc1nc(N)ccc1CNC(=O)c1ccnc(Cc2ccc(Cc3cc(F)c[nH]c3=O)cc2)c1. The fourth-order valence-electron chi connectivity index (χ4n) is 3.63. The molecule has 0 saturated carbocycles. The highest BCUT2D eigenvalue weighted by molar-refractivity contribution is 5.94. The first kappa shape index (κ1) is 22.8.